The van der Waals surface area contributed by atoms with Crippen molar-refractivity contribution in [2.24, 2.45) is 5.73 Å². The molecule has 0 amide bonds. The molecule has 1 rings (SSSR count). The Labute approximate surface area is 80.4 Å². The predicted octanol–water partition coefficient (Wildman–Crippen LogP) is 2.37. The van der Waals surface area contributed by atoms with Crippen LogP contribution in [0, 0.1) is 5.82 Å². The second-order valence-corrected chi connectivity index (χ2v) is 2.99. The summed E-state index contributed by atoms with van der Waals surface area (Å²) in [4.78, 5) is 0. The van der Waals surface area contributed by atoms with E-state index in [1.54, 1.807) is 0 Å². The minimum Gasteiger partial charge on any atom is -0.506 e. The topological polar surface area (TPSA) is 46.2 Å². The van der Waals surface area contributed by atoms with Crippen molar-refractivity contribution in [1.82, 2.24) is 0 Å². The van der Waals surface area contributed by atoms with E-state index in [9.17, 15) is 9.50 Å². The molecule has 0 aliphatic rings. The largest absolute Gasteiger partial charge is 0.506 e. The van der Waals surface area contributed by atoms with E-state index in [0.29, 0.717) is 0 Å². The molecule has 0 bridgehead atoms. The van der Waals surface area contributed by atoms with Crippen molar-refractivity contribution in [1.29, 1.82) is 0 Å². The molecule has 4 heteroatoms. The summed E-state index contributed by atoms with van der Waals surface area (Å²) in [5.41, 5.74) is 5.77. The van der Waals surface area contributed by atoms with Crippen LogP contribution in [-0.2, 0) is 0 Å². The van der Waals surface area contributed by atoms with Crippen molar-refractivity contribution in [2.75, 3.05) is 0 Å². The van der Waals surface area contributed by atoms with Gasteiger partial charge in [0.05, 0.1) is 11.1 Å². The molecule has 0 unspecified atom stereocenters. The van der Waals surface area contributed by atoms with Crippen LogP contribution >= 0.6 is 11.6 Å². The first-order valence-corrected chi connectivity index (χ1v) is 4.00. The normalized spacial score (nSPS) is 12.5. The number of aromatic hydroxyl groups is 1. The average Bonchev–Trinajstić information content (AvgIpc) is 2.10. The first-order chi connectivity index (χ1) is 6.06. The van der Waals surface area contributed by atoms with Crippen LogP contribution in [0.3, 0.4) is 0 Å². The Bertz CT molecular complexity index is 341. The molecule has 2 nitrogen and oxygen atoms in total. The third kappa shape index (κ3) is 1.99. The van der Waals surface area contributed by atoms with Crippen molar-refractivity contribution >= 4 is 11.6 Å². The highest BCUT2D eigenvalue weighted by molar-refractivity contribution is 6.32. The van der Waals surface area contributed by atoms with Crippen LogP contribution in [-0.4, -0.2) is 5.11 Å². The van der Waals surface area contributed by atoms with E-state index < -0.39 is 11.9 Å². The van der Waals surface area contributed by atoms with Gasteiger partial charge in [0, 0.05) is 5.56 Å². The Kier molecular flexibility index (Phi) is 2.90. The molecule has 0 fully saturated rings. The summed E-state index contributed by atoms with van der Waals surface area (Å²) >= 11 is 5.54. The standard InChI is InChI=1S/C9H9ClFNO/c1-2-8(12)6-3-5(11)4-7(10)9(6)13/h2-4,8,13H,1,12H2/t8-/m0/s1. The first-order valence-electron chi connectivity index (χ1n) is 3.62. The maximum atomic E-state index is 12.8. The number of hydrogen-bond acceptors (Lipinski definition) is 2. The Morgan fingerprint density at radius 3 is 2.77 bits per heavy atom. The van der Waals surface area contributed by atoms with Gasteiger partial charge in [0.15, 0.2) is 0 Å². The van der Waals surface area contributed by atoms with Gasteiger partial charge in [-0.3, -0.25) is 0 Å². The lowest BCUT2D eigenvalue weighted by molar-refractivity contribution is 0.463. The van der Waals surface area contributed by atoms with Gasteiger partial charge in [0.25, 0.3) is 0 Å². The molecule has 0 saturated carbocycles. The summed E-state index contributed by atoms with van der Waals surface area (Å²) < 4.78 is 12.8. The predicted molar refractivity (Wildman–Crippen MR) is 50.2 cm³/mol. The molecule has 1 atom stereocenters. The van der Waals surface area contributed by atoms with Gasteiger partial charge in [-0.25, -0.2) is 4.39 Å². The van der Waals surface area contributed by atoms with Crippen LogP contribution in [0.4, 0.5) is 4.39 Å². The number of hydrogen-bond donors (Lipinski definition) is 2. The third-order valence-corrected chi connectivity index (χ3v) is 1.96. The molecule has 0 spiro atoms. The smallest absolute Gasteiger partial charge is 0.139 e. The summed E-state index contributed by atoms with van der Waals surface area (Å²) in [6, 6.07) is 1.54. The summed E-state index contributed by atoms with van der Waals surface area (Å²) in [5.74, 6) is -0.731. The summed E-state index contributed by atoms with van der Waals surface area (Å²) in [6.45, 7) is 3.44. The Morgan fingerprint density at radius 1 is 1.62 bits per heavy atom. The summed E-state index contributed by atoms with van der Waals surface area (Å²) in [7, 11) is 0. The van der Waals surface area contributed by atoms with Gasteiger partial charge in [-0.1, -0.05) is 17.7 Å². The molecule has 70 valence electrons. The van der Waals surface area contributed by atoms with Gasteiger partial charge in [0.2, 0.25) is 0 Å². The van der Waals surface area contributed by atoms with Gasteiger partial charge >= 0.3 is 0 Å². The van der Waals surface area contributed by atoms with Gasteiger partial charge in [-0.2, -0.15) is 0 Å². The molecular weight excluding hydrogens is 193 g/mol. The number of nitrogens with two attached hydrogens (primary N) is 1. The van der Waals surface area contributed by atoms with Crippen molar-refractivity contribution in [3.05, 3.63) is 41.2 Å². The van der Waals surface area contributed by atoms with Gasteiger partial charge < -0.3 is 10.8 Å². The van der Waals surface area contributed by atoms with E-state index in [-0.39, 0.29) is 16.3 Å². The van der Waals surface area contributed by atoms with Gasteiger partial charge in [0.1, 0.15) is 11.6 Å². The molecule has 0 heterocycles. The van der Waals surface area contributed by atoms with Crippen LogP contribution in [0.1, 0.15) is 11.6 Å². The van der Waals surface area contributed by atoms with Crippen molar-refractivity contribution in [3.8, 4) is 5.75 Å². The van der Waals surface area contributed by atoms with E-state index in [1.165, 1.54) is 6.08 Å². The van der Waals surface area contributed by atoms with E-state index in [1.807, 2.05) is 0 Å². The Hall–Kier alpha value is -1.06. The highest BCUT2D eigenvalue weighted by Gasteiger charge is 2.12. The third-order valence-electron chi connectivity index (χ3n) is 1.67. The van der Waals surface area contributed by atoms with E-state index in [4.69, 9.17) is 17.3 Å². The van der Waals surface area contributed by atoms with Crippen LogP contribution in [0.5, 0.6) is 5.75 Å². The fraction of sp³-hybridized carbons (Fsp3) is 0.111. The highest BCUT2D eigenvalue weighted by Crippen LogP contribution is 2.31. The maximum absolute atomic E-state index is 12.8. The molecule has 3 N–H and O–H groups in total. The molecule has 1 aromatic carbocycles. The fourth-order valence-corrected chi connectivity index (χ4v) is 1.18. The van der Waals surface area contributed by atoms with Crippen molar-refractivity contribution in [3.63, 3.8) is 0 Å². The van der Waals surface area contributed by atoms with Gasteiger partial charge in [-0.05, 0) is 12.1 Å². The maximum Gasteiger partial charge on any atom is 0.139 e. The Morgan fingerprint density at radius 2 is 2.23 bits per heavy atom. The molecule has 0 aliphatic carbocycles. The van der Waals surface area contributed by atoms with E-state index in [0.717, 1.165) is 12.1 Å². The van der Waals surface area contributed by atoms with Crippen LogP contribution in [0.2, 0.25) is 5.02 Å². The molecule has 0 radical (unpaired) electrons. The molecule has 1 aromatic rings. The van der Waals surface area contributed by atoms with Crippen LogP contribution < -0.4 is 5.73 Å². The summed E-state index contributed by atoms with van der Waals surface area (Å²) in [5, 5.41) is 9.35. The SMILES string of the molecule is C=C[C@H](N)c1cc(F)cc(Cl)c1O. The fourth-order valence-electron chi connectivity index (χ4n) is 0.967. The number of halogens is 2. The second kappa shape index (κ2) is 3.77. The minimum atomic E-state index is -0.617. The summed E-state index contributed by atoms with van der Waals surface area (Å²) in [6.07, 6.45) is 1.39. The average molecular weight is 202 g/mol. The second-order valence-electron chi connectivity index (χ2n) is 2.59. The van der Waals surface area contributed by atoms with E-state index in [2.05, 4.69) is 6.58 Å². The lowest BCUT2D eigenvalue weighted by atomic mass is 10.1. The monoisotopic (exact) mass is 201 g/mol. The molecule has 0 aromatic heterocycles. The first kappa shape index (κ1) is 10.0. The molecule has 0 aliphatic heterocycles. The quantitative estimate of drug-likeness (QED) is 0.722. The number of phenols is 1. The molecule has 13 heavy (non-hydrogen) atoms. The van der Waals surface area contributed by atoms with E-state index >= 15 is 0 Å². The lowest BCUT2D eigenvalue weighted by Gasteiger charge is -2.10. The number of phenolic OH excluding ortho intramolecular Hbond substituents is 1. The zero-order chi connectivity index (χ0) is 10.0. The zero-order valence-electron chi connectivity index (χ0n) is 6.80. The molecular formula is C9H9ClFNO. The van der Waals surface area contributed by atoms with Crippen LogP contribution in [0.25, 0.3) is 0 Å². The highest BCUT2D eigenvalue weighted by atomic mass is 35.5. The zero-order valence-corrected chi connectivity index (χ0v) is 7.55. The van der Waals surface area contributed by atoms with Crippen LogP contribution in [0.15, 0.2) is 24.8 Å². The van der Waals surface area contributed by atoms with Crippen molar-refractivity contribution in [2.45, 2.75) is 6.04 Å². The van der Waals surface area contributed by atoms with Crippen molar-refractivity contribution < 1.29 is 9.50 Å². The minimum absolute atomic E-state index is 0.0488. The number of benzene rings is 1. The lowest BCUT2D eigenvalue weighted by Crippen LogP contribution is -2.07. The number of rotatable bonds is 2. The molecule has 0 saturated heterocycles. The van der Waals surface area contributed by atoms with Gasteiger partial charge in [-0.15, -0.1) is 6.58 Å². The Balaban J connectivity index is 3.27.